The number of imide groups is 2. The van der Waals surface area contributed by atoms with Crippen LogP contribution >= 0.6 is 0 Å². The molecule has 4 N–H and O–H groups in total. The summed E-state index contributed by atoms with van der Waals surface area (Å²) in [6.07, 6.45) is 0. The van der Waals surface area contributed by atoms with E-state index in [0.717, 1.165) is 6.07 Å². The van der Waals surface area contributed by atoms with Crippen LogP contribution in [0.5, 0.6) is 5.75 Å². The second-order valence-corrected chi connectivity index (χ2v) is 9.60. The predicted octanol–water partition coefficient (Wildman–Crippen LogP) is 1.46. The third-order valence-corrected chi connectivity index (χ3v) is 7.25. The Bertz CT molecular complexity index is 1670. The fraction of sp³-hybridized carbons (Fsp3) is 0.240. The highest BCUT2D eigenvalue weighted by molar-refractivity contribution is 6.09. The van der Waals surface area contributed by atoms with Crippen molar-refractivity contribution >= 4 is 40.8 Å². The van der Waals surface area contributed by atoms with Gasteiger partial charge in [0, 0.05) is 23.6 Å². The molecule has 14 heteroatoms. The van der Waals surface area contributed by atoms with Crippen molar-refractivity contribution < 1.29 is 41.9 Å². The van der Waals surface area contributed by atoms with E-state index in [0.29, 0.717) is 5.56 Å². The van der Waals surface area contributed by atoms with Crippen LogP contribution in [0.1, 0.15) is 34.2 Å². The van der Waals surface area contributed by atoms with E-state index in [-0.39, 0.29) is 40.2 Å². The third kappa shape index (κ3) is 3.37. The van der Waals surface area contributed by atoms with Gasteiger partial charge in [-0.3, -0.25) is 25.0 Å². The average Bonchev–Trinajstić information content (AvgIpc) is 3.58. The molecule has 0 saturated carbocycles. The van der Waals surface area contributed by atoms with Gasteiger partial charge >= 0.3 is 12.1 Å². The van der Waals surface area contributed by atoms with E-state index in [2.05, 4.69) is 21.3 Å². The molecule has 2 saturated heterocycles. The number of hydrogen-bond acceptors (Lipinski definition) is 7. The van der Waals surface area contributed by atoms with Crippen LogP contribution in [0.4, 0.5) is 18.4 Å². The van der Waals surface area contributed by atoms with E-state index < -0.39 is 59.0 Å². The molecule has 7 amide bonds. The number of rotatable bonds is 5. The molecule has 3 aliphatic rings. The Morgan fingerprint density at radius 3 is 2.36 bits per heavy atom. The van der Waals surface area contributed by atoms with E-state index in [1.807, 2.05) is 0 Å². The van der Waals surface area contributed by atoms with Gasteiger partial charge in [0.2, 0.25) is 0 Å². The molecule has 2 aromatic carbocycles. The standard InChI is InChI=1S/C25H19F2N5O7/c1-24(20(34)28-22(36)30-24)12-5-11-6-16(39-15(11)7-13(12)26)25(21(35)29-23(37)31-25)9-32-8-10-3-4-14(38-2)18(27)17(10)19(32)33/h3-7H,8-9H2,1-2H3,(H2,28,30,34,36)(H2,29,31,35,37)/t24-,25?/m0/s1. The summed E-state index contributed by atoms with van der Waals surface area (Å²) in [4.78, 5) is 63.8. The molecule has 200 valence electrons. The second-order valence-electron chi connectivity index (χ2n) is 9.60. The zero-order valence-corrected chi connectivity index (χ0v) is 20.4. The van der Waals surface area contributed by atoms with Crippen molar-refractivity contribution in [2.75, 3.05) is 13.7 Å². The summed E-state index contributed by atoms with van der Waals surface area (Å²) in [7, 11) is 1.26. The summed E-state index contributed by atoms with van der Waals surface area (Å²) in [5.74, 6) is -4.31. The average molecular weight is 539 g/mol. The van der Waals surface area contributed by atoms with Gasteiger partial charge in [-0.05, 0) is 30.7 Å². The van der Waals surface area contributed by atoms with Gasteiger partial charge in [-0.15, -0.1) is 0 Å². The fourth-order valence-electron chi connectivity index (χ4n) is 5.21. The van der Waals surface area contributed by atoms with Gasteiger partial charge < -0.3 is 24.7 Å². The first kappa shape index (κ1) is 24.3. The van der Waals surface area contributed by atoms with Crippen LogP contribution in [-0.4, -0.2) is 48.3 Å². The Labute approximate surface area is 217 Å². The van der Waals surface area contributed by atoms with Crippen LogP contribution in [-0.2, 0) is 27.2 Å². The zero-order chi connectivity index (χ0) is 27.9. The maximum Gasteiger partial charge on any atom is 0.322 e. The number of urea groups is 2. The van der Waals surface area contributed by atoms with Crippen LogP contribution in [0.2, 0.25) is 0 Å². The number of methoxy groups -OCH3 is 1. The molecule has 0 bridgehead atoms. The number of ether oxygens (including phenoxy) is 1. The monoisotopic (exact) mass is 539 g/mol. The summed E-state index contributed by atoms with van der Waals surface area (Å²) in [5.41, 5.74) is -3.68. The minimum Gasteiger partial charge on any atom is -0.494 e. The minimum absolute atomic E-state index is 0.0280. The molecule has 3 aliphatic heterocycles. The van der Waals surface area contributed by atoms with Gasteiger partial charge in [-0.25, -0.2) is 18.4 Å². The van der Waals surface area contributed by atoms with Crippen molar-refractivity contribution in [1.82, 2.24) is 26.2 Å². The van der Waals surface area contributed by atoms with Gasteiger partial charge in [0.25, 0.3) is 17.7 Å². The highest BCUT2D eigenvalue weighted by Gasteiger charge is 2.53. The summed E-state index contributed by atoms with van der Waals surface area (Å²) < 4.78 is 40.8. The molecule has 4 heterocycles. The number of nitrogens with zero attached hydrogens (tertiary/aromatic N) is 1. The molecule has 1 aromatic heterocycles. The van der Waals surface area contributed by atoms with Crippen molar-refractivity contribution in [2.45, 2.75) is 24.5 Å². The molecule has 0 spiro atoms. The Morgan fingerprint density at radius 2 is 1.72 bits per heavy atom. The molecule has 39 heavy (non-hydrogen) atoms. The first-order valence-corrected chi connectivity index (χ1v) is 11.6. The van der Waals surface area contributed by atoms with Crippen LogP contribution in [0.25, 0.3) is 11.0 Å². The highest BCUT2D eigenvalue weighted by atomic mass is 19.1. The van der Waals surface area contributed by atoms with E-state index in [9.17, 15) is 28.4 Å². The SMILES string of the molecule is COc1ccc2c(c1F)C(=O)N(CC1(c3cc4cc([C@]5(C)NC(=O)NC5=O)c(F)cc4o3)NC(=O)NC1=O)C2. The van der Waals surface area contributed by atoms with Crippen LogP contribution in [0.3, 0.4) is 0 Å². The number of carbonyl (C=O) groups is 5. The number of carbonyl (C=O) groups excluding carboxylic acids is 5. The molecule has 2 fully saturated rings. The molecule has 0 aliphatic carbocycles. The Morgan fingerprint density at radius 1 is 1.00 bits per heavy atom. The van der Waals surface area contributed by atoms with Crippen LogP contribution in [0, 0.1) is 11.6 Å². The molecular formula is C25H19F2N5O7. The van der Waals surface area contributed by atoms with E-state index in [4.69, 9.17) is 9.15 Å². The van der Waals surface area contributed by atoms with Crippen molar-refractivity contribution in [3.8, 4) is 5.75 Å². The van der Waals surface area contributed by atoms with Crippen molar-refractivity contribution in [3.05, 3.63) is 64.4 Å². The number of halogens is 2. The molecule has 1 unspecified atom stereocenters. The lowest BCUT2D eigenvalue weighted by Gasteiger charge is -2.29. The summed E-state index contributed by atoms with van der Waals surface area (Å²) >= 11 is 0. The molecular weight excluding hydrogens is 520 g/mol. The third-order valence-electron chi connectivity index (χ3n) is 7.25. The molecule has 0 radical (unpaired) electrons. The van der Waals surface area contributed by atoms with Gasteiger partial charge in [0.1, 0.15) is 22.7 Å². The number of hydrogen-bond donors (Lipinski definition) is 4. The smallest absolute Gasteiger partial charge is 0.322 e. The quantitative estimate of drug-likeness (QED) is 0.357. The van der Waals surface area contributed by atoms with Gasteiger partial charge in [0.15, 0.2) is 17.1 Å². The lowest BCUT2D eigenvalue weighted by molar-refractivity contribution is -0.125. The summed E-state index contributed by atoms with van der Waals surface area (Å²) in [6.45, 7) is 0.826. The Kier molecular flexibility index (Phi) is 4.99. The topological polar surface area (TPSA) is 159 Å². The maximum absolute atomic E-state index is 15.1. The first-order chi connectivity index (χ1) is 18.5. The zero-order valence-electron chi connectivity index (χ0n) is 20.4. The second kappa shape index (κ2) is 7.99. The fourth-order valence-corrected chi connectivity index (χ4v) is 5.21. The molecule has 2 atom stereocenters. The van der Waals surface area contributed by atoms with Crippen molar-refractivity contribution in [2.24, 2.45) is 0 Å². The Hall–Kier alpha value is -5.01. The van der Waals surface area contributed by atoms with E-state index >= 15 is 4.39 Å². The van der Waals surface area contributed by atoms with Crippen molar-refractivity contribution in [1.29, 1.82) is 0 Å². The van der Waals surface area contributed by atoms with Crippen LogP contribution < -0.4 is 26.0 Å². The predicted molar refractivity (Wildman–Crippen MR) is 126 cm³/mol. The van der Waals surface area contributed by atoms with Crippen molar-refractivity contribution in [3.63, 3.8) is 0 Å². The number of benzene rings is 2. The largest absolute Gasteiger partial charge is 0.494 e. The van der Waals surface area contributed by atoms with E-state index in [1.165, 1.54) is 43.2 Å². The first-order valence-electron chi connectivity index (χ1n) is 11.6. The van der Waals surface area contributed by atoms with Gasteiger partial charge in [0.05, 0.1) is 19.2 Å². The number of fused-ring (bicyclic) bond motifs is 2. The summed E-state index contributed by atoms with van der Waals surface area (Å²) in [6, 6.07) is 4.88. The number of amides is 7. The highest BCUT2D eigenvalue weighted by Crippen LogP contribution is 2.38. The number of furan rings is 1. The van der Waals surface area contributed by atoms with E-state index in [1.54, 1.807) is 0 Å². The minimum atomic E-state index is -1.94. The molecule has 6 rings (SSSR count). The van der Waals surface area contributed by atoms with Gasteiger partial charge in [-0.1, -0.05) is 6.07 Å². The van der Waals surface area contributed by atoms with Gasteiger partial charge in [-0.2, -0.15) is 0 Å². The molecule has 3 aromatic rings. The molecule has 12 nitrogen and oxygen atoms in total. The normalized spacial score (nSPS) is 24.1. The Balaban J connectivity index is 1.41. The van der Waals surface area contributed by atoms with Crippen LogP contribution in [0.15, 0.2) is 34.7 Å². The summed E-state index contributed by atoms with van der Waals surface area (Å²) in [5, 5.41) is 9.30. The lowest BCUT2D eigenvalue weighted by Crippen LogP contribution is -2.52. The maximum atomic E-state index is 15.1. The number of nitrogens with one attached hydrogen (secondary N) is 4. The lowest BCUT2D eigenvalue weighted by atomic mass is 9.90.